The molecular weight excluding hydrogens is 209 g/mol. The summed E-state index contributed by atoms with van der Waals surface area (Å²) in [6, 6.07) is 3.55. The van der Waals surface area contributed by atoms with E-state index in [1.54, 1.807) is 13.2 Å². The second-order valence-electron chi connectivity index (χ2n) is 2.69. The number of rotatable bonds is 3. The highest BCUT2D eigenvalue weighted by molar-refractivity contribution is 6.35. The van der Waals surface area contributed by atoms with Crippen LogP contribution in [0.25, 0.3) is 0 Å². The Bertz CT molecular complexity index is 302. The Kier molecular flexibility index (Phi) is 3.85. The van der Waals surface area contributed by atoms with Crippen LogP contribution in [0.4, 0.5) is 0 Å². The molecule has 1 aromatic rings. The minimum Gasteiger partial charge on any atom is -0.495 e. The van der Waals surface area contributed by atoms with Gasteiger partial charge in [0.25, 0.3) is 0 Å². The van der Waals surface area contributed by atoms with E-state index in [2.05, 4.69) is 0 Å². The van der Waals surface area contributed by atoms with Gasteiger partial charge in [-0.3, -0.25) is 0 Å². The van der Waals surface area contributed by atoms with E-state index >= 15 is 0 Å². The molecule has 0 aliphatic heterocycles. The van der Waals surface area contributed by atoms with Crippen molar-refractivity contribution in [2.75, 3.05) is 14.2 Å². The SMILES string of the molecule is C[NH2+]Cc1cc(Cl)cc(Cl)c1OC. The van der Waals surface area contributed by atoms with Crippen molar-refractivity contribution in [1.29, 1.82) is 0 Å². The molecular formula is C9H12Cl2NO+. The minimum atomic E-state index is 0.562. The second kappa shape index (κ2) is 4.70. The summed E-state index contributed by atoms with van der Waals surface area (Å²) in [7, 11) is 3.59. The molecule has 0 amide bonds. The molecule has 0 fully saturated rings. The minimum absolute atomic E-state index is 0.562. The molecule has 0 saturated heterocycles. The van der Waals surface area contributed by atoms with Crippen LogP contribution in [-0.2, 0) is 6.54 Å². The zero-order valence-corrected chi connectivity index (χ0v) is 9.12. The number of hydrogen-bond acceptors (Lipinski definition) is 1. The summed E-state index contributed by atoms with van der Waals surface area (Å²) < 4.78 is 5.17. The normalized spacial score (nSPS) is 10.2. The molecule has 0 radical (unpaired) electrons. The summed E-state index contributed by atoms with van der Waals surface area (Å²) in [6.45, 7) is 0.809. The van der Waals surface area contributed by atoms with Gasteiger partial charge in [-0.1, -0.05) is 23.2 Å². The van der Waals surface area contributed by atoms with Gasteiger partial charge >= 0.3 is 0 Å². The molecule has 0 atom stereocenters. The van der Waals surface area contributed by atoms with Crippen molar-refractivity contribution in [2.24, 2.45) is 0 Å². The summed E-state index contributed by atoms with van der Waals surface area (Å²) in [4.78, 5) is 0. The molecule has 1 aromatic carbocycles. The first-order valence-electron chi connectivity index (χ1n) is 3.98. The van der Waals surface area contributed by atoms with Crippen molar-refractivity contribution in [1.82, 2.24) is 0 Å². The van der Waals surface area contributed by atoms with Crippen molar-refractivity contribution >= 4 is 23.2 Å². The van der Waals surface area contributed by atoms with Crippen molar-refractivity contribution in [2.45, 2.75) is 6.54 Å². The third kappa shape index (κ3) is 2.50. The van der Waals surface area contributed by atoms with E-state index in [9.17, 15) is 0 Å². The first-order valence-corrected chi connectivity index (χ1v) is 4.74. The lowest BCUT2D eigenvalue weighted by Crippen LogP contribution is -2.77. The maximum Gasteiger partial charge on any atom is 0.146 e. The van der Waals surface area contributed by atoms with Crippen LogP contribution in [0, 0.1) is 0 Å². The van der Waals surface area contributed by atoms with Gasteiger partial charge in [0.1, 0.15) is 12.3 Å². The lowest BCUT2D eigenvalue weighted by molar-refractivity contribution is -0.643. The van der Waals surface area contributed by atoms with E-state index in [-0.39, 0.29) is 0 Å². The second-order valence-corrected chi connectivity index (χ2v) is 3.54. The molecule has 1 rings (SSSR count). The molecule has 0 aliphatic rings. The highest BCUT2D eigenvalue weighted by Crippen LogP contribution is 2.31. The molecule has 0 heterocycles. The monoisotopic (exact) mass is 220 g/mol. The molecule has 0 saturated carbocycles. The average Bonchev–Trinajstić information content (AvgIpc) is 2.04. The van der Waals surface area contributed by atoms with Crippen molar-refractivity contribution in [3.63, 3.8) is 0 Å². The fraction of sp³-hybridized carbons (Fsp3) is 0.333. The van der Waals surface area contributed by atoms with E-state index in [1.807, 2.05) is 18.4 Å². The smallest absolute Gasteiger partial charge is 0.146 e. The predicted octanol–water partition coefficient (Wildman–Crippen LogP) is 1.70. The number of halogens is 2. The lowest BCUT2D eigenvalue weighted by Gasteiger charge is -2.08. The number of methoxy groups -OCH3 is 1. The summed E-state index contributed by atoms with van der Waals surface area (Å²) in [5, 5.41) is 3.24. The number of benzene rings is 1. The predicted molar refractivity (Wildman–Crippen MR) is 54.6 cm³/mol. The molecule has 0 aromatic heterocycles. The third-order valence-electron chi connectivity index (χ3n) is 1.71. The third-order valence-corrected chi connectivity index (χ3v) is 2.21. The zero-order valence-electron chi connectivity index (χ0n) is 7.60. The molecule has 4 heteroatoms. The van der Waals surface area contributed by atoms with Gasteiger partial charge in [-0.15, -0.1) is 0 Å². The van der Waals surface area contributed by atoms with E-state index in [0.29, 0.717) is 15.8 Å². The highest BCUT2D eigenvalue weighted by Gasteiger charge is 2.09. The standard InChI is InChI=1S/C9H11Cl2NO/c1-12-5-6-3-7(10)4-8(11)9(6)13-2/h3-4,12H,5H2,1-2H3/p+1. The Morgan fingerprint density at radius 1 is 1.38 bits per heavy atom. The Morgan fingerprint density at radius 3 is 2.62 bits per heavy atom. The largest absolute Gasteiger partial charge is 0.495 e. The fourth-order valence-corrected chi connectivity index (χ4v) is 1.83. The molecule has 72 valence electrons. The summed E-state index contributed by atoms with van der Waals surface area (Å²) in [5.41, 5.74) is 1.02. The Morgan fingerprint density at radius 2 is 2.08 bits per heavy atom. The van der Waals surface area contributed by atoms with E-state index in [0.717, 1.165) is 12.1 Å². The molecule has 0 spiro atoms. The molecule has 2 N–H and O–H groups in total. The van der Waals surface area contributed by atoms with E-state index in [1.165, 1.54) is 0 Å². The Labute approximate surface area is 87.8 Å². The van der Waals surface area contributed by atoms with Crippen LogP contribution in [0.15, 0.2) is 12.1 Å². The summed E-state index contributed by atoms with van der Waals surface area (Å²) >= 11 is 11.8. The van der Waals surface area contributed by atoms with Crippen LogP contribution in [0.5, 0.6) is 5.75 Å². The van der Waals surface area contributed by atoms with Crippen LogP contribution in [0.2, 0.25) is 10.0 Å². The first kappa shape index (κ1) is 10.6. The highest BCUT2D eigenvalue weighted by atomic mass is 35.5. The van der Waals surface area contributed by atoms with Crippen molar-refractivity contribution in [3.05, 3.63) is 27.7 Å². The fourth-order valence-electron chi connectivity index (χ4n) is 1.21. The molecule has 0 unspecified atom stereocenters. The molecule has 0 aliphatic carbocycles. The van der Waals surface area contributed by atoms with Crippen LogP contribution in [0.3, 0.4) is 0 Å². The van der Waals surface area contributed by atoms with E-state index < -0.39 is 0 Å². The van der Waals surface area contributed by atoms with Gasteiger partial charge in [-0.25, -0.2) is 0 Å². The quantitative estimate of drug-likeness (QED) is 0.825. The van der Waals surface area contributed by atoms with Gasteiger partial charge < -0.3 is 10.1 Å². The van der Waals surface area contributed by atoms with E-state index in [4.69, 9.17) is 27.9 Å². The van der Waals surface area contributed by atoms with Crippen LogP contribution in [-0.4, -0.2) is 14.2 Å². The number of nitrogens with two attached hydrogens (primary N) is 1. The topological polar surface area (TPSA) is 25.8 Å². The Balaban J connectivity index is 3.13. The van der Waals surface area contributed by atoms with Gasteiger partial charge in [-0.2, -0.15) is 0 Å². The lowest BCUT2D eigenvalue weighted by atomic mass is 10.2. The molecule has 0 bridgehead atoms. The van der Waals surface area contributed by atoms with Crippen LogP contribution < -0.4 is 10.1 Å². The van der Waals surface area contributed by atoms with Gasteiger partial charge in [-0.05, 0) is 12.1 Å². The summed E-state index contributed by atoms with van der Waals surface area (Å²) in [5.74, 6) is 0.712. The van der Waals surface area contributed by atoms with Gasteiger partial charge in [0.2, 0.25) is 0 Å². The number of hydrogen-bond donors (Lipinski definition) is 1. The maximum atomic E-state index is 5.95. The average molecular weight is 221 g/mol. The zero-order chi connectivity index (χ0) is 9.84. The Hall–Kier alpha value is -0.440. The number of ether oxygens (including phenoxy) is 1. The van der Waals surface area contributed by atoms with Crippen LogP contribution >= 0.6 is 23.2 Å². The van der Waals surface area contributed by atoms with Gasteiger partial charge in [0.05, 0.1) is 24.7 Å². The maximum absolute atomic E-state index is 5.95. The first-order chi connectivity index (χ1) is 6.19. The molecule has 2 nitrogen and oxygen atoms in total. The van der Waals surface area contributed by atoms with Gasteiger partial charge in [0.15, 0.2) is 0 Å². The molecule has 13 heavy (non-hydrogen) atoms. The number of quaternary nitrogens is 1. The van der Waals surface area contributed by atoms with Gasteiger partial charge in [0, 0.05) is 5.02 Å². The van der Waals surface area contributed by atoms with Crippen molar-refractivity contribution < 1.29 is 10.1 Å². The summed E-state index contributed by atoms with van der Waals surface area (Å²) in [6.07, 6.45) is 0. The van der Waals surface area contributed by atoms with Crippen molar-refractivity contribution in [3.8, 4) is 5.75 Å². The van der Waals surface area contributed by atoms with Crippen LogP contribution in [0.1, 0.15) is 5.56 Å².